The summed E-state index contributed by atoms with van der Waals surface area (Å²) in [6.45, 7) is 0. The molecule has 0 saturated heterocycles. The highest BCUT2D eigenvalue weighted by molar-refractivity contribution is 5.77. The molecule has 5 nitrogen and oxygen atoms in total. The smallest absolute Gasteiger partial charge is 0.311 e. The molecular weight excluding hydrogens is 311 g/mol. The number of ether oxygens (including phenoxy) is 1. The SMILES string of the molecule is COC(=O)C12CCC(c3nc(-c4ccc(F)cc4)no3)(CC1)CC2. The van der Waals surface area contributed by atoms with Crippen LogP contribution >= 0.6 is 0 Å². The lowest BCUT2D eigenvalue weighted by atomic mass is 9.53. The van der Waals surface area contributed by atoms with Crippen LogP contribution in [-0.2, 0) is 14.9 Å². The molecule has 6 heteroatoms. The van der Waals surface area contributed by atoms with Crippen LogP contribution in [0.1, 0.15) is 44.4 Å². The molecule has 2 bridgehead atoms. The minimum atomic E-state index is -0.323. The fourth-order valence-corrected chi connectivity index (χ4v) is 4.18. The van der Waals surface area contributed by atoms with Crippen molar-refractivity contribution in [2.75, 3.05) is 7.11 Å². The Labute approximate surface area is 139 Å². The number of rotatable bonds is 3. The maximum absolute atomic E-state index is 13.0. The lowest BCUT2D eigenvalue weighted by molar-refractivity contribution is -0.160. The first kappa shape index (κ1) is 15.3. The van der Waals surface area contributed by atoms with E-state index in [1.54, 1.807) is 12.1 Å². The Morgan fingerprint density at radius 1 is 1.12 bits per heavy atom. The standard InChI is InChI=1S/C18H19FN2O3/c1-23-16(22)18-9-6-17(7-10-18,8-11-18)15-20-14(21-24-15)12-2-4-13(19)5-3-12/h2-5H,6-11H2,1H3. The van der Waals surface area contributed by atoms with E-state index in [4.69, 9.17) is 9.26 Å². The van der Waals surface area contributed by atoms with Gasteiger partial charge in [-0.25, -0.2) is 4.39 Å². The predicted molar refractivity (Wildman–Crippen MR) is 83.5 cm³/mol. The van der Waals surface area contributed by atoms with E-state index in [0.29, 0.717) is 11.7 Å². The van der Waals surface area contributed by atoms with E-state index >= 15 is 0 Å². The molecule has 0 atom stereocenters. The zero-order valence-electron chi connectivity index (χ0n) is 13.5. The summed E-state index contributed by atoms with van der Waals surface area (Å²) in [6, 6.07) is 6.06. The molecule has 3 aliphatic carbocycles. The van der Waals surface area contributed by atoms with Crippen molar-refractivity contribution in [3.8, 4) is 11.4 Å². The number of aromatic nitrogens is 2. The maximum Gasteiger partial charge on any atom is 0.311 e. The highest BCUT2D eigenvalue weighted by Gasteiger charge is 2.55. The fourth-order valence-electron chi connectivity index (χ4n) is 4.18. The number of methoxy groups -OCH3 is 1. The summed E-state index contributed by atoms with van der Waals surface area (Å²) < 4.78 is 23.6. The van der Waals surface area contributed by atoms with Crippen LogP contribution in [0.25, 0.3) is 11.4 Å². The average molecular weight is 330 g/mol. The number of hydrogen-bond acceptors (Lipinski definition) is 5. The molecule has 0 N–H and O–H groups in total. The minimum Gasteiger partial charge on any atom is -0.469 e. The van der Waals surface area contributed by atoms with Gasteiger partial charge in [0.25, 0.3) is 0 Å². The van der Waals surface area contributed by atoms with Crippen molar-refractivity contribution in [3.63, 3.8) is 0 Å². The van der Waals surface area contributed by atoms with Crippen molar-refractivity contribution in [3.05, 3.63) is 36.0 Å². The van der Waals surface area contributed by atoms with Gasteiger partial charge in [0.1, 0.15) is 5.82 Å². The molecule has 0 spiro atoms. The second kappa shape index (κ2) is 5.40. The van der Waals surface area contributed by atoms with Gasteiger partial charge in [-0.15, -0.1) is 0 Å². The largest absolute Gasteiger partial charge is 0.469 e. The number of halogens is 1. The Morgan fingerprint density at radius 2 is 1.75 bits per heavy atom. The molecule has 24 heavy (non-hydrogen) atoms. The number of fused-ring (bicyclic) bond motifs is 3. The third kappa shape index (κ3) is 2.24. The van der Waals surface area contributed by atoms with Crippen molar-refractivity contribution < 1.29 is 18.4 Å². The van der Waals surface area contributed by atoms with Gasteiger partial charge in [-0.2, -0.15) is 4.98 Å². The van der Waals surface area contributed by atoms with Gasteiger partial charge in [-0.1, -0.05) is 5.16 Å². The number of carbonyl (C=O) groups is 1. The van der Waals surface area contributed by atoms with Gasteiger partial charge in [0.05, 0.1) is 12.5 Å². The van der Waals surface area contributed by atoms with Crippen LogP contribution in [0.4, 0.5) is 4.39 Å². The van der Waals surface area contributed by atoms with Crippen molar-refractivity contribution in [1.82, 2.24) is 10.1 Å². The second-order valence-electron chi connectivity index (χ2n) is 6.98. The molecule has 3 aliphatic rings. The molecule has 2 aromatic rings. The Bertz CT molecular complexity index is 744. The lowest BCUT2D eigenvalue weighted by Crippen LogP contribution is -2.48. The molecule has 0 aliphatic heterocycles. The molecule has 126 valence electrons. The number of nitrogens with zero attached hydrogens (tertiary/aromatic N) is 2. The van der Waals surface area contributed by atoms with Crippen LogP contribution in [0.15, 0.2) is 28.8 Å². The minimum absolute atomic E-state index is 0.0895. The zero-order chi connectivity index (χ0) is 16.8. The number of esters is 1. The topological polar surface area (TPSA) is 65.2 Å². The van der Waals surface area contributed by atoms with Crippen LogP contribution in [0, 0.1) is 11.2 Å². The van der Waals surface area contributed by atoms with E-state index in [-0.39, 0.29) is 22.6 Å². The molecule has 0 radical (unpaired) electrons. The predicted octanol–water partition coefficient (Wildman–Crippen LogP) is 3.64. The Kier molecular flexibility index (Phi) is 3.44. The van der Waals surface area contributed by atoms with E-state index in [2.05, 4.69) is 10.1 Å². The van der Waals surface area contributed by atoms with Gasteiger partial charge >= 0.3 is 5.97 Å². The van der Waals surface area contributed by atoms with Gasteiger partial charge in [0, 0.05) is 11.0 Å². The summed E-state index contributed by atoms with van der Waals surface area (Å²) in [7, 11) is 1.46. The second-order valence-corrected chi connectivity index (χ2v) is 6.98. The summed E-state index contributed by atoms with van der Waals surface area (Å²) in [5, 5.41) is 4.07. The van der Waals surface area contributed by atoms with Crippen molar-refractivity contribution >= 4 is 5.97 Å². The average Bonchev–Trinajstić information content (AvgIpc) is 3.14. The first-order chi connectivity index (χ1) is 11.6. The Balaban J connectivity index is 1.58. The van der Waals surface area contributed by atoms with Crippen molar-refractivity contribution in [2.45, 2.75) is 43.9 Å². The normalized spacial score (nSPS) is 28.8. The summed E-state index contributed by atoms with van der Waals surface area (Å²) in [5.41, 5.74) is 0.274. The fraction of sp³-hybridized carbons (Fsp3) is 0.500. The first-order valence-electron chi connectivity index (χ1n) is 8.26. The van der Waals surface area contributed by atoms with Gasteiger partial charge in [0.15, 0.2) is 0 Å². The van der Waals surface area contributed by atoms with Crippen LogP contribution in [-0.4, -0.2) is 23.2 Å². The lowest BCUT2D eigenvalue weighted by Gasteiger charge is -2.49. The summed E-state index contributed by atoms with van der Waals surface area (Å²) in [4.78, 5) is 16.7. The number of benzene rings is 1. The van der Waals surface area contributed by atoms with Crippen LogP contribution in [0.2, 0.25) is 0 Å². The third-order valence-corrected chi connectivity index (χ3v) is 5.85. The summed E-state index contributed by atoms with van der Waals surface area (Å²) in [6.07, 6.45) is 4.96. The molecule has 1 heterocycles. The van der Waals surface area contributed by atoms with E-state index in [1.165, 1.54) is 19.2 Å². The molecular formula is C18H19FN2O3. The van der Waals surface area contributed by atoms with Gasteiger partial charge < -0.3 is 9.26 Å². The van der Waals surface area contributed by atoms with E-state index in [0.717, 1.165) is 44.1 Å². The van der Waals surface area contributed by atoms with Crippen LogP contribution < -0.4 is 0 Å². The van der Waals surface area contributed by atoms with Crippen molar-refractivity contribution in [1.29, 1.82) is 0 Å². The maximum atomic E-state index is 13.0. The van der Waals surface area contributed by atoms with E-state index in [1.807, 2.05) is 0 Å². The Morgan fingerprint density at radius 3 is 2.33 bits per heavy atom. The molecule has 5 rings (SSSR count). The molecule has 1 aromatic carbocycles. The quantitative estimate of drug-likeness (QED) is 0.804. The Hall–Kier alpha value is -2.24. The highest BCUT2D eigenvalue weighted by atomic mass is 19.1. The first-order valence-corrected chi connectivity index (χ1v) is 8.26. The summed E-state index contributed by atoms with van der Waals surface area (Å²) in [5.74, 6) is 0.739. The van der Waals surface area contributed by atoms with Gasteiger partial charge in [-0.3, -0.25) is 4.79 Å². The van der Waals surface area contributed by atoms with E-state index < -0.39 is 0 Å². The van der Waals surface area contributed by atoms with E-state index in [9.17, 15) is 9.18 Å². The van der Waals surface area contributed by atoms with Gasteiger partial charge in [-0.05, 0) is 62.8 Å². The third-order valence-electron chi connectivity index (χ3n) is 5.85. The van der Waals surface area contributed by atoms with Gasteiger partial charge in [0.2, 0.25) is 11.7 Å². The highest BCUT2D eigenvalue weighted by Crippen LogP contribution is 2.57. The van der Waals surface area contributed by atoms with Crippen LogP contribution in [0.5, 0.6) is 0 Å². The number of hydrogen-bond donors (Lipinski definition) is 0. The number of carbonyl (C=O) groups excluding carboxylic acids is 1. The monoisotopic (exact) mass is 330 g/mol. The molecule has 3 saturated carbocycles. The molecule has 3 fully saturated rings. The summed E-state index contributed by atoms with van der Waals surface area (Å²) >= 11 is 0. The van der Waals surface area contributed by atoms with Crippen molar-refractivity contribution in [2.24, 2.45) is 5.41 Å². The molecule has 1 aromatic heterocycles. The zero-order valence-corrected chi connectivity index (χ0v) is 13.5. The molecule has 0 amide bonds. The molecule has 0 unspecified atom stereocenters. The van der Waals surface area contributed by atoms with Crippen LogP contribution in [0.3, 0.4) is 0 Å².